The van der Waals surface area contributed by atoms with Crippen LogP contribution in [0.4, 0.5) is 45.5 Å². The lowest BCUT2D eigenvalue weighted by Gasteiger charge is -2.51. The van der Waals surface area contributed by atoms with E-state index in [-0.39, 0.29) is 28.5 Å². The van der Waals surface area contributed by atoms with Gasteiger partial charge in [0, 0.05) is 71.1 Å². The van der Waals surface area contributed by atoms with Gasteiger partial charge in [-0.3, -0.25) is 0 Å². The summed E-state index contributed by atoms with van der Waals surface area (Å²) in [5.74, 6) is 0. The number of thiophene rings is 1. The second-order valence-electron chi connectivity index (χ2n) is 22.8. The summed E-state index contributed by atoms with van der Waals surface area (Å²) in [6, 6.07) is 50.3. The molecule has 0 N–H and O–H groups in total. The molecule has 1 fully saturated rings. The maximum absolute atomic E-state index is 2.79. The van der Waals surface area contributed by atoms with Gasteiger partial charge >= 0.3 is 0 Å². The highest BCUT2D eigenvalue weighted by Crippen LogP contribution is 2.62. The zero-order valence-corrected chi connectivity index (χ0v) is 41.6. The Hall–Kier alpha value is -5.78. The molecule has 2 atom stereocenters. The molecule has 4 aliphatic rings. The molecule has 0 saturated heterocycles. The maximum Gasteiger partial charge on any atom is 0.252 e. The lowest BCUT2D eigenvalue weighted by molar-refractivity contribution is 0.194. The van der Waals surface area contributed by atoms with E-state index in [2.05, 4.69) is 218 Å². The van der Waals surface area contributed by atoms with Crippen molar-refractivity contribution in [3.05, 3.63) is 161 Å². The summed E-state index contributed by atoms with van der Waals surface area (Å²) < 4.78 is 2.65. The fourth-order valence-electron chi connectivity index (χ4n) is 13.0. The summed E-state index contributed by atoms with van der Waals surface area (Å²) in [5, 5.41) is 2.66. The highest BCUT2D eigenvalue weighted by molar-refractivity contribution is 7.25. The lowest BCUT2D eigenvalue weighted by Crippen LogP contribution is -2.61. The summed E-state index contributed by atoms with van der Waals surface area (Å²) in [4.78, 5) is 8.01. The van der Waals surface area contributed by atoms with Gasteiger partial charge in [0.25, 0.3) is 6.71 Å². The number of fused-ring (bicyclic) bond motifs is 10. The Morgan fingerprint density at radius 3 is 1.88 bits per heavy atom. The second-order valence-corrected chi connectivity index (χ2v) is 23.9. The zero-order chi connectivity index (χ0) is 45.8. The fourth-order valence-corrected chi connectivity index (χ4v) is 14.2. The largest absolute Gasteiger partial charge is 0.334 e. The van der Waals surface area contributed by atoms with Crippen LogP contribution in [0.2, 0.25) is 0 Å². The summed E-state index contributed by atoms with van der Waals surface area (Å²) >= 11 is 1.91. The molecule has 12 rings (SSSR count). The lowest BCUT2D eigenvalue weighted by atomic mass is 9.33. The molecule has 330 valence electrons. The highest BCUT2D eigenvalue weighted by Gasteiger charge is 2.58. The number of aryl methyl sites for hydroxylation is 3. The molecule has 8 aromatic rings. The van der Waals surface area contributed by atoms with Gasteiger partial charge in [0.2, 0.25) is 0 Å². The van der Waals surface area contributed by atoms with Crippen LogP contribution in [0.15, 0.2) is 127 Å². The topological polar surface area (TPSA) is 9.72 Å². The average molecular weight is 880 g/mol. The quantitative estimate of drug-likeness (QED) is 0.164. The number of hydrogen-bond acceptors (Lipinski definition) is 4. The Kier molecular flexibility index (Phi) is 8.91. The third kappa shape index (κ3) is 5.87. The number of hydrogen-bond donors (Lipinski definition) is 0. The summed E-state index contributed by atoms with van der Waals surface area (Å²) in [7, 11) is 0. The molecule has 0 amide bonds. The van der Waals surface area contributed by atoms with Crippen molar-refractivity contribution in [2.24, 2.45) is 0 Å². The van der Waals surface area contributed by atoms with Crippen molar-refractivity contribution in [2.75, 3.05) is 14.7 Å². The van der Waals surface area contributed by atoms with Gasteiger partial charge in [-0.2, -0.15) is 0 Å². The molecule has 7 aromatic carbocycles. The van der Waals surface area contributed by atoms with Gasteiger partial charge in [-0.1, -0.05) is 122 Å². The first-order valence-electron chi connectivity index (χ1n) is 24.4. The van der Waals surface area contributed by atoms with Crippen molar-refractivity contribution in [3.63, 3.8) is 0 Å². The zero-order valence-electron chi connectivity index (χ0n) is 40.8. The van der Waals surface area contributed by atoms with E-state index in [0.717, 1.165) is 0 Å². The molecular formula is C61H62BN3S. The van der Waals surface area contributed by atoms with E-state index in [9.17, 15) is 0 Å². The van der Waals surface area contributed by atoms with E-state index < -0.39 is 0 Å². The summed E-state index contributed by atoms with van der Waals surface area (Å²) in [6.45, 7) is 26.1. The second kappa shape index (κ2) is 14.1. The van der Waals surface area contributed by atoms with E-state index >= 15 is 0 Å². The molecule has 1 saturated carbocycles. The Bertz CT molecular complexity index is 3330. The molecule has 0 radical (unpaired) electrons. The molecular weight excluding hydrogens is 818 g/mol. The van der Waals surface area contributed by atoms with Crippen LogP contribution in [0.3, 0.4) is 0 Å². The molecule has 4 heterocycles. The van der Waals surface area contributed by atoms with Gasteiger partial charge in [-0.15, -0.1) is 11.3 Å². The van der Waals surface area contributed by atoms with E-state index in [0.29, 0.717) is 0 Å². The van der Waals surface area contributed by atoms with Crippen molar-refractivity contribution in [3.8, 4) is 0 Å². The molecule has 0 bridgehead atoms. The standard InChI is InChI=1S/C61H62BN3S/c1-37-30-39(3)56-51(31-37)65(61(11)29-15-14-28-60(56,61)10)44-24-26-47-50(35-44)64(43-23-25-46-45-16-12-13-17-54(45)66-55(46)36-43)53-33-38(2)32-52-57(53)62(47)48-34-41(59(7,8)9)20-27-49(48)63(52)42-21-18-40(19-22-42)58(4,5)6/h12-13,16-27,30-36H,14-15,28-29H2,1-11H3. The van der Waals surface area contributed by atoms with E-state index in [1.807, 2.05) is 11.3 Å². The average Bonchev–Trinajstić information content (AvgIpc) is 3.74. The first kappa shape index (κ1) is 41.6. The minimum Gasteiger partial charge on any atom is -0.334 e. The monoisotopic (exact) mass is 879 g/mol. The van der Waals surface area contributed by atoms with Crippen LogP contribution >= 0.6 is 11.3 Å². The summed E-state index contributed by atoms with van der Waals surface area (Å²) in [5.41, 5.74) is 22.6. The third-order valence-electron chi connectivity index (χ3n) is 16.5. The van der Waals surface area contributed by atoms with Crippen LogP contribution in [0.1, 0.15) is 114 Å². The van der Waals surface area contributed by atoms with Gasteiger partial charge in [-0.05, 0) is 168 Å². The first-order valence-corrected chi connectivity index (χ1v) is 25.2. The number of benzene rings is 7. The third-order valence-corrected chi connectivity index (χ3v) is 17.6. The molecule has 0 spiro atoms. The molecule has 3 nitrogen and oxygen atoms in total. The van der Waals surface area contributed by atoms with Crippen LogP contribution in [0.25, 0.3) is 20.2 Å². The Labute approximate surface area is 397 Å². The van der Waals surface area contributed by atoms with Gasteiger partial charge < -0.3 is 14.7 Å². The van der Waals surface area contributed by atoms with Crippen LogP contribution in [-0.4, -0.2) is 12.3 Å². The smallest absolute Gasteiger partial charge is 0.252 e. The Morgan fingerprint density at radius 2 is 1.14 bits per heavy atom. The minimum atomic E-state index is -0.0559. The molecule has 2 unspecified atom stereocenters. The normalized spacial score (nSPS) is 19.8. The van der Waals surface area contributed by atoms with Crippen molar-refractivity contribution in [1.82, 2.24) is 0 Å². The predicted molar refractivity (Wildman–Crippen MR) is 288 cm³/mol. The molecule has 1 aliphatic carbocycles. The Morgan fingerprint density at radius 1 is 0.515 bits per heavy atom. The van der Waals surface area contributed by atoms with Crippen molar-refractivity contribution >= 4 is 100 Å². The number of rotatable bonds is 3. The Balaban J connectivity index is 1.15. The van der Waals surface area contributed by atoms with E-state index in [1.54, 1.807) is 5.56 Å². The van der Waals surface area contributed by atoms with Gasteiger partial charge in [-0.25, -0.2) is 0 Å². The van der Waals surface area contributed by atoms with E-state index in [4.69, 9.17) is 0 Å². The van der Waals surface area contributed by atoms with E-state index in [1.165, 1.54) is 136 Å². The number of nitrogens with zero attached hydrogens (tertiary/aromatic N) is 3. The maximum atomic E-state index is 2.79. The van der Waals surface area contributed by atoms with Crippen LogP contribution in [0.5, 0.6) is 0 Å². The highest BCUT2D eigenvalue weighted by atomic mass is 32.1. The van der Waals surface area contributed by atoms with Crippen LogP contribution in [-0.2, 0) is 16.2 Å². The van der Waals surface area contributed by atoms with Crippen molar-refractivity contribution < 1.29 is 0 Å². The predicted octanol–water partition coefficient (Wildman–Crippen LogP) is 15.4. The van der Waals surface area contributed by atoms with Crippen LogP contribution < -0.4 is 31.1 Å². The first-order chi connectivity index (χ1) is 31.4. The number of anilines is 8. The molecule has 5 heteroatoms. The van der Waals surface area contributed by atoms with Crippen molar-refractivity contribution in [2.45, 2.75) is 124 Å². The van der Waals surface area contributed by atoms with Crippen LogP contribution in [0, 0.1) is 20.8 Å². The van der Waals surface area contributed by atoms with Gasteiger partial charge in [0.1, 0.15) is 0 Å². The van der Waals surface area contributed by atoms with Gasteiger partial charge in [0.15, 0.2) is 0 Å². The van der Waals surface area contributed by atoms with Gasteiger partial charge in [0.05, 0.1) is 5.54 Å². The molecule has 3 aliphatic heterocycles. The minimum absolute atomic E-state index is 0.0147. The van der Waals surface area contributed by atoms with Crippen molar-refractivity contribution in [1.29, 1.82) is 0 Å². The molecule has 1 aromatic heterocycles. The SMILES string of the molecule is Cc1cc2c3c(c1)N(c1ccc4c(c1)sc1ccccc14)c1cc(N4c5cc(C)cc(C)c5C5(C)CCCCC45C)ccc1B3c1cc(C(C)(C)C)ccc1N2c1ccc(C(C)(C)C)cc1. The summed E-state index contributed by atoms with van der Waals surface area (Å²) in [6.07, 6.45) is 4.91. The fraction of sp³-hybridized carbons (Fsp3) is 0.311. The molecule has 66 heavy (non-hydrogen) atoms.